The van der Waals surface area contributed by atoms with Crippen molar-refractivity contribution in [3.8, 4) is 17.2 Å². The molecule has 0 radical (unpaired) electrons. The molecule has 8 nitrogen and oxygen atoms in total. The molecule has 4 aromatic rings. The van der Waals surface area contributed by atoms with Crippen molar-refractivity contribution in [1.29, 1.82) is 0 Å². The molecule has 35 heavy (non-hydrogen) atoms. The van der Waals surface area contributed by atoms with Crippen LogP contribution in [0.2, 0.25) is 5.02 Å². The number of benzene rings is 3. The quantitative estimate of drug-likeness (QED) is 0.406. The number of methoxy groups -OCH3 is 1. The second-order valence-electron chi connectivity index (χ2n) is 7.84. The van der Waals surface area contributed by atoms with Gasteiger partial charge in [-0.05, 0) is 42.5 Å². The van der Waals surface area contributed by atoms with Gasteiger partial charge in [-0.15, -0.1) is 0 Å². The Kier molecular flexibility index (Phi) is 5.88. The van der Waals surface area contributed by atoms with E-state index in [1.165, 1.54) is 19.4 Å². The number of amides is 1. The number of fused-ring (bicyclic) bond motifs is 2. The molecule has 176 valence electrons. The number of nitrogens with zero attached hydrogens (tertiary/aromatic N) is 1. The average molecular weight is 491 g/mol. The van der Waals surface area contributed by atoms with Crippen molar-refractivity contribution in [3.63, 3.8) is 0 Å². The van der Waals surface area contributed by atoms with Crippen LogP contribution in [0.3, 0.4) is 0 Å². The molecule has 1 amide bonds. The summed E-state index contributed by atoms with van der Waals surface area (Å²) >= 11 is 5.94. The lowest BCUT2D eigenvalue weighted by Gasteiger charge is -2.14. The van der Waals surface area contributed by atoms with Crippen molar-refractivity contribution in [3.05, 3.63) is 93.2 Å². The third-order valence-electron chi connectivity index (χ3n) is 5.59. The highest BCUT2D eigenvalue weighted by Gasteiger charge is 2.22. The van der Waals surface area contributed by atoms with Gasteiger partial charge in [0.15, 0.2) is 17.3 Å². The van der Waals surface area contributed by atoms with Crippen LogP contribution in [0.1, 0.15) is 15.9 Å². The molecule has 0 saturated heterocycles. The highest BCUT2D eigenvalue weighted by molar-refractivity contribution is 6.30. The van der Waals surface area contributed by atoms with Crippen molar-refractivity contribution in [2.75, 3.05) is 19.2 Å². The Morgan fingerprint density at radius 3 is 2.54 bits per heavy atom. The first-order valence-corrected chi connectivity index (χ1v) is 11.0. The molecular weight excluding hydrogens is 472 g/mol. The maximum atomic E-state index is 13.3. The van der Waals surface area contributed by atoms with E-state index in [2.05, 4.69) is 5.32 Å². The number of hydrogen-bond acceptors (Lipinski definition) is 6. The predicted molar refractivity (Wildman–Crippen MR) is 131 cm³/mol. The fourth-order valence-electron chi connectivity index (χ4n) is 3.89. The topological polar surface area (TPSA) is 95.9 Å². The number of ketones is 1. The average Bonchev–Trinajstić information content (AvgIpc) is 3.32. The van der Waals surface area contributed by atoms with E-state index in [-0.39, 0.29) is 30.2 Å². The third-order valence-corrected chi connectivity index (χ3v) is 5.84. The van der Waals surface area contributed by atoms with Gasteiger partial charge in [-0.1, -0.05) is 17.7 Å². The molecule has 0 atom stereocenters. The van der Waals surface area contributed by atoms with Gasteiger partial charge in [0.05, 0.1) is 23.6 Å². The van der Waals surface area contributed by atoms with E-state index in [1.54, 1.807) is 59.2 Å². The molecule has 1 N–H and O–H groups in total. The van der Waals surface area contributed by atoms with E-state index >= 15 is 0 Å². The summed E-state index contributed by atoms with van der Waals surface area (Å²) in [5, 5.41) is 3.52. The fraction of sp³-hybridized carbons (Fsp3) is 0.115. The van der Waals surface area contributed by atoms with E-state index in [1.807, 2.05) is 0 Å². The second-order valence-corrected chi connectivity index (χ2v) is 8.28. The summed E-state index contributed by atoms with van der Waals surface area (Å²) in [6, 6.07) is 16.4. The molecule has 5 rings (SSSR count). The number of halogens is 1. The highest BCUT2D eigenvalue weighted by atomic mass is 35.5. The molecule has 0 bridgehead atoms. The summed E-state index contributed by atoms with van der Waals surface area (Å²) < 4.78 is 17.6. The lowest BCUT2D eigenvalue weighted by atomic mass is 10.0. The zero-order valence-corrected chi connectivity index (χ0v) is 19.3. The number of aromatic nitrogens is 1. The Balaban J connectivity index is 1.57. The molecule has 1 aliphatic heterocycles. The van der Waals surface area contributed by atoms with Gasteiger partial charge in [-0.25, -0.2) is 0 Å². The maximum absolute atomic E-state index is 13.3. The third kappa shape index (κ3) is 4.43. The minimum Gasteiger partial charge on any atom is -0.497 e. The van der Waals surface area contributed by atoms with Gasteiger partial charge in [0.25, 0.3) is 0 Å². The first-order chi connectivity index (χ1) is 16.9. The summed E-state index contributed by atoms with van der Waals surface area (Å²) in [4.78, 5) is 39.5. The van der Waals surface area contributed by atoms with E-state index in [9.17, 15) is 14.4 Å². The highest BCUT2D eigenvalue weighted by Crippen LogP contribution is 2.35. The first-order valence-electron chi connectivity index (χ1n) is 10.6. The molecule has 0 fully saturated rings. The van der Waals surface area contributed by atoms with Crippen LogP contribution < -0.4 is 25.0 Å². The Morgan fingerprint density at radius 1 is 1.06 bits per heavy atom. The normalized spacial score (nSPS) is 11.9. The van der Waals surface area contributed by atoms with Crippen molar-refractivity contribution in [2.24, 2.45) is 0 Å². The number of carbonyl (C=O) groups excluding carboxylic acids is 2. The Bertz CT molecular complexity index is 1530. The number of carbonyl (C=O) groups is 2. The van der Waals surface area contributed by atoms with Crippen LogP contribution in [0.5, 0.6) is 17.2 Å². The van der Waals surface area contributed by atoms with Crippen LogP contribution in [-0.4, -0.2) is 30.2 Å². The summed E-state index contributed by atoms with van der Waals surface area (Å²) in [7, 11) is 1.54. The number of hydrogen-bond donors (Lipinski definition) is 1. The summed E-state index contributed by atoms with van der Waals surface area (Å²) in [6.07, 6.45) is 1.40. The Labute approximate surface area is 204 Å². The number of rotatable bonds is 6. The van der Waals surface area contributed by atoms with Gasteiger partial charge in [-0.3, -0.25) is 14.4 Å². The van der Waals surface area contributed by atoms with Crippen LogP contribution in [0, 0.1) is 0 Å². The molecule has 0 spiro atoms. The zero-order valence-electron chi connectivity index (χ0n) is 18.5. The van der Waals surface area contributed by atoms with Gasteiger partial charge in [0.2, 0.25) is 18.1 Å². The van der Waals surface area contributed by atoms with E-state index < -0.39 is 11.2 Å². The second kappa shape index (κ2) is 9.15. The summed E-state index contributed by atoms with van der Waals surface area (Å²) in [5.41, 5.74) is 0.747. The lowest BCUT2D eigenvalue weighted by molar-refractivity contribution is -0.116. The molecule has 9 heteroatoms. The Hall–Kier alpha value is -4.30. The molecule has 1 aromatic heterocycles. The largest absolute Gasteiger partial charge is 0.497 e. The van der Waals surface area contributed by atoms with Gasteiger partial charge >= 0.3 is 0 Å². The Morgan fingerprint density at radius 2 is 1.80 bits per heavy atom. The number of anilines is 1. The van der Waals surface area contributed by atoms with Crippen molar-refractivity contribution in [1.82, 2.24) is 4.57 Å². The zero-order chi connectivity index (χ0) is 24.5. The van der Waals surface area contributed by atoms with Crippen molar-refractivity contribution < 1.29 is 23.8 Å². The molecule has 3 aromatic carbocycles. The molecule has 0 aliphatic carbocycles. The fourth-order valence-corrected chi connectivity index (χ4v) is 4.01. The van der Waals surface area contributed by atoms with Gasteiger partial charge in [0.1, 0.15) is 12.3 Å². The first kappa shape index (κ1) is 22.5. The van der Waals surface area contributed by atoms with Crippen LogP contribution in [-0.2, 0) is 11.3 Å². The SMILES string of the molecule is COc1cccc(NC(=O)Cn2cc(C(=O)c3ccc(Cl)cc3)c(=O)c3cc4c(cc32)OCO4)c1. The maximum Gasteiger partial charge on any atom is 0.244 e. The van der Waals surface area contributed by atoms with Gasteiger partial charge in [0, 0.05) is 34.6 Å². The monoisotopic (exact) mass is 490 g/mol. The molecule has 1 aliphatic rings. The lowest BCUT2D eigenvalue weighted by Crippen LogP contribution is -2.24. The smallest absolute Gasteiger partial charge is 0.244 e. The van der Waals surface area contributed by atoms with E-state index in [0.717, 1.165) is 0 Å². The number of pyridine rings is 1. The predicted octanol–water partition coefficient (Wildman–Crippen LogP) is 4.26. The van der Waals surface area contributed by atoms with Crippen LogP contribution in [0.25, 0.3) is 10.9 Å². The van der Waals surface area contributed by atoms with Gasteiger partial charge < -0.3 is 24.1 Å². The van der Waals surface area contributed by atoms with E-state index in [4.69, 9.17) is 25.8 Å². The summed E-state index contributed by atoms with van der Waals surface area (Å²) in [5.74, 6) is 0.618. The van der Waals surface area contributed by atoms with Crippen LogP contribution in [0.15, 0.2) is 71.7 Å². The molecule has 0 unspecified atom stereocenters. The molecule has 0 saturated carbocycles. The van der Waals surface area contributed by atoms with Crippen molar-refractivity contribution in [2.45, 2.75) is 6.54 Å². The van der Waals surface area contributed by atoms with Crippen LogP contribution >= 0.6 is 11.6 Å². The minimum absolute atomic E-state index is 0.0206. The number of nitrogens with one attached hydrogen (secondary N) is 1. The van der Waals surface area contributed by atoms with E-state index in [0.29, 0.717) is 39.0 Å². The molecular formula is C26H19ClN2O6. The minimum atomic E-state index is -0.479. The summed E-state index contributed by atoms with van der Waals surface area (Å²) in [6.45, 7) is -0.138. The van der Waals surface area contributed by atoms with Crippen LogP contribution in [0.4, 0.5) is 5.69 Å². The van der Waals surface area contributed by atoms with Crippen molar-refractivity contribution >= 4 is 39.9 Å². The molecule has 2 heterocycles. The number of ether oxygens (including phenoxy) is 3. The van der Waals surface area contributed by atoms with Gasteiger partial charge in [-0.2, -0.15) is 0 Å². The standard InChI is InChI=1S/C26H19ClN2O6/c1-33-18-4-2-3-17(9-18)28-24(30)13-29-12-20(25(31)15-5-7-16(27)8-6-15)26(32)19-10-22-23(11-21(19)29)35-14-34-22/h2-12H,13-14H2,1H3,(H,28,30).